The van der Waals surface area contributed by atoms with Crippen molar-refractivity contribution >= 4 is 50.1 Å². The van der Waals surface area contributed by atoms with E-state index in [0.717, 1.165) is 21.3 Å². The number of thiazole rings is 1. The second kappa shape index (κ2) is 9.99. The number of thioether (sulfide) groups is 1. The van der Waals surface area contributed by atoms with Crippen molar-refractivity contribution in [3.8, 4) is 22.6 Å². The van der Waals surface area contributed by atoms with Gasteiger partial charge in [0.2, 0.25) is 5.91 Å². The maximum atomic E-state index is 12.5. The maximum Gasteiger partial charge on any atom is 0.236 e. The number of anilines is 1. The second-order valence-corrected chi connectivity index (χ2v) is 9.05. The van der Waals surface area contributed by atoms with Gasteiger partial charge in [0, 0.05) is 39.9 Å². The van der Waals surface area contributed by atoms with Crippen LogP contribution in [0.15, 0.2) is 76.5 Å². The zero-order valence-corrected chi connectivity index (χ0v) is 19.5. The normalized spacial score (nSPS) is 10.7. The number of hydrogen-bond acceptors (Lipinski definition) is 7. The van der Waals surface area contributed by atoms with Crippen molar-refractivity contribution in [3.63, 3.8) is 0 Å². The average Bonchev–Trinajstić information content (AvgIpc) is 3.41. The first-order valence-corrected chi connectivity index (χ1v) is 11.9. The number of amides is 1. The molecule has 0 saturated heterocycles. The largest absolute Gasteiger partial charge is 0.301 e. The van der Waals surface area contributed by atoms with Crippen LogP contribution in [0.3, 0.4) is 0 Å². The molecule has 0 unspecified atom stereocenters. The Bertz CT molecular complexity index is 1190. The van der Waals surface area contributed by atoms with Gasteiger partial charge in [0.25, 0.3) is 0 Å². The van der Waals surface area contributed by atoms with Crippen LogP contribution in [-0.4, -0.2) is 36.4 Å². The van der Waals surface area contributed by atoms with E-state index >= 15 is 0 Å². The minimum atomic E-state index is -0.155. The summed E-state index contributed by atoms with van der Waals surface area (Å²) in [5, 5.41) is 14.5. The molecule has 1 aromatic carbocycles. The molecule has 0 radical (unpaired) electrons. The van der Waals surface area contributed by atoms with Gasteiger partial charge in [-0.05, 0) is 24.3 Å². The number of rotatable bonds is 8. The number of nitrogens with zero attached hydrogens (tertiary/aromatic N) is 5. The molecule has 0 aliphatic carbocycles. The van der Waals surface area contributed by atoms with E-state index in [1.807, 2.05) is 46.3 Å². The molecule has 0 fully saturated rings. The van der Waals surface area contributed by atoms with Crippen molar-refractivity contribution in [1.29, 1.82) is 0 Å². The van der Waals surface area contributed by atoms with Gasteiger partial charge < -0.3 is 5.32 Å². The van der Waals surface area contributed by atoms with E-state index in [1.54, 1.807) is 18.5 Å². The van der Waals surface area contributed by atoms with Crippen LogP contribution in [0.2, 0.25) is 0 Å². The molecule has 3 heterocycles. The van der Waals surface area contributed by atoms with Crippen molar-refractivity contribution in [2.75, 3.05) is 11.1 Å². The Labute approximate surface area is 195 Å². The van der Waals surface area contributed by atoms with Crippen LogP contribution in [0.25, 0.3) is 22.6 Å². The Morgan fingerprint density at radius 2 is 2.06 bits per heavy atom. The predicted octanol–water partition coefficient (Wildman–Crippen LogP) is 5.14. The summed E-state index contributed by atoms with van der Waals surface area (Å²) in [6.07, 6.45) is 5.21. The number of hydrogen-bond donors (Lipinski definition) is 1. The molecule has 7 nitrogen and oxygen atoms in total. The minimum absolute atomic E-state index is 0.155. The summed E-state index contributed by atoms with van der Waals surface area (Å²) in [7, 11) is 0. The molecular formula is C21H17BrN6OS2. The molecule has 1 amide bonds. The molecule has 0 atom stereocenters. The van der Waals surface area contributed by atoms with Crippen LogP contribution < -0.4 is 5.32 Å². The topological polar surface area (TPSA) is 85.6 Å². The lowest BCUT2D eigenvalue weighted by atomic mass is 10.2. The van der Waals surface area contributed by atoms with E-state index in [9.17, 15) is 4.79 Å². The van der Waals surface area contributed by atoms with Gasteiger partial charge in [-0.1, -0.05) is 45.9 Å². The molecule has 0 aliphatic rings. The van der Waals surface area contributed by atoms with E-state index in [0.29, 0.717) is 22.7 Å². The number of allylic oxidation sites excluding steroid dienone is 1. The first-order chi connectivity index (χ1) is 15.1. The third-order valence-corrected chi connectivity index (χ3v) is 6.42. The summed E-state index contributed by atoms with van der Waals surface area (Å²) in [4.78, 5) is 21.1. The van der Waals surface area contributed by atoms with Gasteiger partial charge in [-0.15, -0.1) is 28.1 Å². The molecule has 0 bridgehead atoms. The molecule has 0 saturated carbocycles. The summed E-state index contributed by atoms with van der Waals surface area (Å²) in [6, 6.07) is 11.6. The SMILES string of the molecule is C=CCn1c(SCC(=O)Nc2nc(-c3ccc(Br)cc3)cs2)nnc1-c1cccnc1. The van der Waals surface area contributed by atoms with Gasteiger partial charge in [-0.3, -0.25) is 14.3 Å². The van der Waals surface area contributed by atoms with E-state index in [-0.39, 0.29) is 11.7 Å². The maximum absolute atomic E-state index is 12.5. The number of pyridine rings is 1. The van der Waals surface area contributed by atoms with Crippen LogP contribution >= 0.6 is 39.0 Å². The monoisotopic (exact) mass is 512 g/mol. The summed E-state index contributed by atoms with van der Waals surface area (Å²) in [6.45, 7) is 4.34. The Kier molecular flexibility index (Phi) is 6.90. The molecule has 0 aliphatic heterocycles. The molecule has 4 rings (SSSR count). The smallest absolute Gasteiger partial charge is 0.236 e. The molecule has 10 heteroatoms. The van der Waals surface area contributed by atoms with Crippen molar-refractivity contribution in [3.05, 3.63) is 71.3 Å². The van der Waals surface area contributed by atoms with E-state index < -0.39 is 0 Å². The third-order valence-electron chi connectivity index (χ3n) is 4.17. The highest BCUT2D eigenvalue weighted by molar-refractivity contribution is 9.10. The number of benzene rings is 1. The number of carbonyl (C=O) groups excluding carboxylic acids is 1. The van der Waals surface area contributed by atoms with Crippen LogP contribution in [0, 0.1) is 0 Å². The highest BCUT2D eigenvalue weighted by atomic mass is 79.9. The second-order valence-electron chi connectivity index (χ2n) is 6.33. The predicted molar refractivity (Wildman–Crippen MR) is 128 cm³/mol. The minimum Gasteiger partial charge on any atom is -0.301 e. The van der Waals surface area contributed by atoms with Gasteiger partial charge in [0.1, 0.15) is 0 Å². The summed E-state index contributed by atoms with van der Waals surface area (Å²) in [5.74, 6) is 0.725. The van der Waals surface area contributed by atoms with Crippen LogP contribution in [0.1, 0.15) is 0 Å². The lowest BCUT2D eigenvalue weighted by Gasteiger charge is -2.07. The Balaban J connectivity index is 1.41. The molecule has 31 heavy (non-hydrogen) atoms. The van der Waals surface area contributed by atoms with E-state index in [4.69, 9.17) is 0 Å². The fourth-order valence-electron chi connectivity index (χ4n) is 2.77. The van der Waals surface area contributed by atoms with Gasteiger partial charge in [0.15, 0.2) is 16.1 Å². The third kappa shape index (κ3) is 5.27. The van der Waals surface area contributed by atoms with E-state index in [2.05, 4.69) is 48.0 Å². The lowest BCUT2D eigenvalue weighted by molar-refractivity contribution is -0.113. The number of nitrogens with one attached hydrogen (secondary N) is 1. The van der Waals surface area contributed by atoms with E-state index in [1.165, 1.54) is 23.1 Å². The van der Waals surface area contributed by atoms with Crippen LogP contribution in [0.4, 0.5) is 5.13 Å². The summed E-state index contributed by atoms with van der Waals surface area (Å²) in [5.41, 5.74) is 2.68. The highest BCUT2D eigenvalue weighted by Crippen LogP contribution is 2.27. The van der Waals surface area contributed by atoms with Crippen molar-refractivity contribution < 1.29 is 4.79 Å². The van der Waals surface area contributed by atoms with Gasteiger partial charge >= 0.3 is 0 Å². The summed E-state index contributed by atoms with van der Waals surface area (Å²) < 4.78 is 2.92. The molecule has 156 valence electrons. The quantitative estimate of drug-likeness (QED) is 0.259. The zero-order chi connectivity index (χ0) is 21.6. The highest BCUT2D eigenvalue weighted by Gasteiger charge is 2.16. The number of aromatic nitrogens is 5. The number of carbonyl (C=O) groups is 1. The van der Waals surface area contributed by atoms with Gasteiger partial charge in [0.05, 0.1) is 11.4 Å². The first-order valence-electron chi connectivity index (χ1n) is 9.22. The zero-order valence-electron chi connectivity index (χ0n) is 16.2. The first kappa shape index (κ1) is 21.4. The standard InChI is InChI=1S/C21H17BrN6OS2/c1-2-10-28-19(15-4-3-9-23-11-15)26-27-21(28)31-13-18(29)25-20-24-17(12-30-20)14-5-7-16(22)8-6-14/h2-9,11-12H,1,10,13H2,(H,24,25,29). The van der Waals surface area contributed by atoms with Gasteiger partial charge in [-0.25, -0.2) is 4.98 Å². The fourth-order valence-corrected chi connectivity index (χ4v) is 4.52. The Morgan fingerprint density at radius 1 is 1.23 bits per heavy atom. The fraction of sp³-hybridized carbons (Fsp3) is 0.0952. The van der Waals surface area contributed by atoms with Crippen molar-refractivity contribution in [1.82, 2.24) is 24.7 Å². The van der Waals surface area contributed by atoms with Crippen LogP contribution in [0.5, 0.6) is 0 Å². The Hall–Kier alpha value is -2.82. The molecule has 4 aromatic rings. The van der Waals surface area contributed by atoms with Crippen molar-refractivity contribution in [2.45, 2.75) is 11.7 Å². The summed E-state index contributed by atoms with van der Waals surface area (Å²) >= 11 is 6.13. The molecule has 3 aromatic heterocycles. The number of halogens is 1. The van der Waals surface area contributed by atoms with Crippen molar-refractivity contribution in [2.24, 2.45) is 0 Å². The average molecular weight is 513 g/mol. The lowest BCUT2D eigenvalue weighted by Crippen LogP contribution is -2.14. The molecular weight excluding hydrogens is 496 g/mol. The molecule has 1 N–H and O–H groups in total. The van der Waals surface area contributed by atoms with Gasteiger partial charge in [-0.2, -0.15) is 0 Å². The molecule has 0 spiro atoms. The van der Waals surface area contributed by atoms with Crippen LogP contribution in [-0.2, 0) is 11.3 Å². The Morgan fingerprint density at radius 3 is 2.81 bits per heavy atom.